The molecule has 0 heterocycles. The standard InChI is InChI=1S/C10H12BrNO2/c1-7-2-3-8(11)6-9(7)12-5-4-10(13)14/h2-3,6,12H,4-5H2,1H3,(H,13,14). The lowest BCUT2D eigenvalue weighted by Crippen LogP contribution is -2.08. The first kappa shape index (κ1) is 11.0. The van der Waals surface area contributed by atoms with Crippen LogP contribution in [0.1, 0.15) is 12.0 Å². The normalized spacial score (nSPS) is 9.86. The molecule has 0 fully saturated rings. The van der Waals surface area contributed by atoms with E-state index in [1.807, 2.05) is 25.1 Å². The summed E-state index contributed by atoms with van der Waals surface area (Å²) in [6, 6.07) is 5.88. The molecule has 3 nitrogen and oxygen atoms in total. The number of halogens is 1. The predicted octanol–water partition coefficient (Wildman–Crippen LogP) is 2.64. The molecule has 0 aromatic heterocycles. The molecule has 0 aliphatic rings. The van der Waals surface area contributed by atoms with Gasteiger partial charge in [-0.05, 0) is 24.6 Å². The molecule has 2 N–H and O–H groups in total. The van der Waals surface area contributed by atoms with Crippen LogP contribution in [0.4, 0.5) is 5.69 Å². The highest BCUT2D eigenvalue weighted by molar-refractivity contribution is 9.10. The lowest BCUT2D eigenvalue weighted by atomic mass is 10.2. The molecule has 0 atom stereocenters. The van der Waals surface area contributed by atoms with Crippen molar-refractivity contribution < 1.29 is 9.90 Å². The van der Waals surface area contributed by atoms with Crippen LogP contribution < -0.4 is 5.32 Å². The number of benzene rings is 1. The third kappa shape index (κ3) is 3.38. The zero-order valence-electron chi connectivity index (χ0n) is 7.88. The zero-order chi connectivity index (χ0) is 10.6. The van der Waals surface area contributed by atoms with Crippen LogP contribution >= 0.6 is 15.9 Å². The van der Waals surface area contributed by atoms with E-state index < -0.39 is 5.97 Å². The highest BCUT2D eigenvalue weighted by atomic mass is 79.9. The minimum atomic E-state index is -0.787. The topological polar surface area (TPSA) is 49.3 Å². The van der Waals surface area contributed by atoms with Crippen molar-refractivity contribution in [2.45, 2.75) is 13.3 Å². The summed E-state index contributed by atoms with van der Waals surface area (Å²) in [6.45, 7) is 2.43. The van der Waals surface area contributed by atoms with Gasteiger partial charge in [-0.25, -0.2) is 0 Å². The maximum absolute atomic E-state index is 10.3. The summed E-state index contributed by atoms with van der Waals surface area (Å²) in [4.78, 5) is 10.3. The van der Waals surface area contributed by atoms with Crippen LogP contribution in [-0.4, -0.2) is 17.6 Å². The van der Waals surface area contributed by atoms with E-state index in [0.717, 1.165) is 15.7 Å². The van der Waals surface area contributed by atoms with Crippen molar-refractivity contribution in [2.75, 3.05) is 11.9 Å². The molecule has 0 aliphatic carbocycles. The molecule has 1 aromatic rings. The van der Waals surface area contributed by atoms with Crippen LogP contribution in [0.15, 0.2) is 22.7 Å². The summed E-state index contributed by atoms with van der Waals surface area (Å²) < 4.78 is 0.987. The maximum atomic E-state index is 10.3. The minimum Gasteiger partial charge on any atom is -0.481 e. The van der Waals surface area contributed by atoms with Crippen LogP contribution in [0.3, 0.4) is 0 Å². The van der Waals surface area contributed by atoms with Gasteiger partial charge >= 0.3 is 5.97 Å². The van der Waals surface area contributed by atoms with E-state index in [9.17, 15) is 4.79 Å². The number of aliphatic carboxylic acids is 1. The van der Waals surface area contributed by atoms with Crippen molar-refractivity contribution in [3.8, 4) is 0 Å². The van der Waals surface area contributed by atoms with Crippen molar-refractivity contribution in [2.24, 2.45) is 0 Å². The molecule has 0 aliphatic heterocycles. The van der Waals surface area contributed by atoms with E-state index >= 15 is 0 Å². The zero-order valence-corrected chi connectivity index (χ0v) is 9.47. The molecular formula is C10H12BrNO2. The largest absolute Gasteiger partial charge is 0.481 e. The highest BCUT2D eigenvalue weighted by Crippen LogP contribution is 2.20. The molecule has 4 heteroatoms. The highest BCUT2D eigenvalue weighted by Gasteiger charge is 2.00. The van der Waals surface area contributed by atoms with Crippen molar-refractivity contribution in [1.29, 1.82) is 0 Å². The van der Waals surface area contributed by atoms with E-state index in [2.05, 4.69) is 21.2 Å². The number of carboxylic acid groups (broad SMARTS) is 1. The number of aryl methyl sites for hydroxylation is 1. The monoisotopic (exact) mass is 257 g/mol. The average molecular weight is 258 g/mol. The second kappa shape index (κ2) is 5.00. The summed E-state index contributed by atoms with van der Waals surface area (Å²) in [5.74, 6) is -0.787. The minimum absolute atomic E-state index is 0.131. The molecule has 76 valence electrons. The Morgan fingerprint density at radius 2 is 2.29 bits per heavy atom. The number of hydrogen-bond acceptors (Lipinski definition) is 2. The summed E-state index contributed by atoms with van der Waals surface area (Å²) in [6.07, 6.45) is 0.131. The van der Waals surface area contributed by atoms with E-state index in [0.29, 0.717) is 6.54 Å². The molecular weight excluding hydrogens is 246 g/mol. The van der Waals surface area contributed by atoms with Gasteiger partial charge in [-0.3, -0.25) is 4.79 Å². The van der Waals surface area contributed by atoms with Crippen molar-refractivity contribution in [1.82, 2.24) is 0 Å². The maximum Gasteiger partial charge on any atom is 0.305 e. The Balaban J connectivity index is 2.57. The fraction of sp³-hybridized carbons (Fsp3) is 0.300. The lowest BCUT2D eigenvalue weighted by Gasteiger charge is -2.08. The van der Waals surface area contributed by atoms with Crippen LogP contribution in [-0.2, 0) is 4.79 Å². The van der Waals surface area contributed by atoms with Crippen LogP contribution in [0, 0.1) is 6.92 Å². The van der Waals surface area contributed by atoms with Gasteiger partial charge in [-0.15, -0.1) is 0 Å². The predicted molar refractivity (Wildman–Crippen MR) is 59.6 cm³/mol. The van der Waals surface area contributed by atoms with Gasteiger partial charge in [0.15, 0.2) is 0 Å². The summed E-state index contributed by atoms with van der Waals surface area (Å²) >= 11 is 3.36. The van der Waals surface area contributed by atoms with Crippen molar-refractivity contribution >= 4 is 27.6 Å². The Morgan fingerprint density at radius 3 is 2.93 bits per heavy atom. The number of rotatable bonds is 4. The van der Waals surface area contributed by atoms with Crippen LogP contribution in [0.5, 0.6) is 0 Å². The van der Waals surface area contributed by atoms with Crippen molar-refractivity contribution in [3.05, 3.63) is 28.2 Å². The number of nitrogens with one attached hydrogen (secondary N) is 1. The van der Waals surface area contributed by atoms with Gasteiger partial charge in [0.1, 0.15) is 0 Å². The third-order valence-corrected chi connectivity index (χ3v) is 2.35. The van der Waals surface area contributed by atoms with Gasteiger partial charge in [-0.1, -0.05) is 22.0 Å². The summed E-state index contributed by atoms with van der Waals surface area (Å²) in [7, 11) is 0. The number of anilines is 1. The number of carbonyl (C=O) groups is 1. The SMILES string of the molecule is Cc1ccc(Br)cc1NCCC(=O)O. The average Bonchev–Trinajstić information content (AvgIpc) is 2.10. The van der Waals surface area contributed by atoms with Gasteiger partial charge in [0, 0.05) is 16.7 Å². The Hall–Kier alpha value is -1.03. The molecule has 0 unspecified atom stereocenters. The fourth-order valence-corrected chi connectivity index (χ4v) is 1.45. The van der Waals surface area contributed by atoms with Gasteiger partial charge in [0.2, 0.25) is 0 Å². The van der Waals surface area contributed by atoms with Crippen LogP contribution in [0.25, 0.3) is 0 Å². The van der Waals surface area contributed by atoms with Gasteiger partial charge < -0.3 is 10.4 Å². The summed E-state index contributed by atoms with van der Waals surface area (Å²) in [5.41, 5.74) is 2.08. The smallest absolute Gasteiger partial charge is 0.305 e. The Labute approximate surface area is 91.3 Å². The van der Waals surface area contributed by atoms with Gasteiger partial charge in [-0.2, -0.15) is 0 Å². The van der Waals surface area contributed by atoms with E-state index in [4.69, 9.17) is 5.11 Å². The lowest BCUT2D eigenvalue weighted by molar-refractivity contribution is -0.136. The van der Waals surface area contributed by atoms with E-state index in [1.54, 1.807) is 0 Å². The number of hydrogen-bond donors (Lipinski definition) is 2. The van der Waals surface area contributed by atoms with Gasteiger partial charge in [0.25, 0.3) is 0 Å². The first-order valence-corrected chi connectivity index (χ1v) is 5.10. The van der Waals surface area contributed by atoms with E-state index in [1.165, 1.54) is 0 Å². The first-order valence-electron chi connectivity index (χ1n) is 4.31. The van der Waals surface area contributed by atoms with Crippen molar-refractivity contribution in [3.63, 3.8) is 0 Å². The van der Waals surface area contributed by atoms with Crippen LogP contribution in [0.2, 0.25) is 0 Å². The number of carboxylic acids is 1. The molecule has 0 saturated heterocycles. The molecule has 0 spiro atoms. The van der Waals surface area contributed by atoms with Gasteiger partial charge in [0.05, 0.1) is 6.42 Å². The molecule has 0 amide bonds. The Bertz CT molecular complexity index is 339. The molecule has 0 radical (unpaired) electrons. The summed E-state index contributed by atoms with van der Waals surface area (Å²) in [5, 5.41) is 11.5. The quantitative estimate of drug-likeness (QED) is 0.872. The molecule has 0 saturated carbocycles. The fourth-order valence-electron chi connectivity index (χ4n) is 1.09. The second-order valence-electron chi connectivity index (χ2n) is 3.03. The molecule has 0 bridgehead atoms. The molecule has 1 rings (SSSR count). The first-order chi connectivity index (χ1) is 6.59. The Kier molecular flexibility index (Phi) is 3.95. The third-order valence-electron chi connectivity index (χ3n) is 1.85. The van der Waals surface area contributed by atoms with E-state index in [-0.39, 0.29) is 6.42 Å². The second-order valence-corrected chi connectivity index (χ2v) is 3.95. The molecule has 14 heavy (non-hydrogen) atoms. The Morgan fingerprint density at radius 1 is 1.57 bits per heavy atom. The molecule has 1 aromatic carbocycles.